The molecule has 0 heterocycles. The second kappa shape index (κ2) is 15.0. The Bertz CT molecular complexity index is 176. The number of nitrogens with one attached hydrogen (secondary N) is 2. The molecule has 5 nitrogen and oxygen atoms in total. The van der Waals surface area contributed by atoms with Crippen LogP contribution in [0.1, 0.15) is 52.4 Å². The van der Waals surface area contributed by atoms with Gasteiger partial charge in [0.1, 0.15) is 0 Å². The van der Waals surface area contributed by atoms with Gasteiger partial charge in [0, 0.05) is 4.57 Å². The van der Waals surface area contributed by atoms with Crippen LogP contribution in [0.25, 0.3) is 0 Å². The summed E-state index contributed by atoms with van der Waals surface area (Å²) >= 11 is 0. The molecular formula is C12H28N2O3P+. The van der Waals surface area contributed by atoms with Gasteiger partial charge in [0.05, 0.1) is 0 Å². The van der Waals surface area contributed by atoms with Crippen molar-refractivity contribution in [3.05, 3.63) is 0 Å². The minimum atomic E-state index is -2.00. The first kappa shape index (κ1) is 17.9. The molecule has 0 unspecified atom stereocenters. The lowest BCUT2D eigenvalue weighted by atomic mass is 10.2. The molecule has 6 heteroatoms. The predicted molar refractivity (Wildman–Crippen MR) is 74.6 cm³/mol. The molecule has 0 saturated heterocycles. The van der Waals surface area contributed by atoms with Crippen LogP contribution in [0.15, 0.2) is 0 Å². The van der Waals surface area contributed by atoms with Crippen molar-refractivity contribution in [2.45, 2.75) is 52.4 Å². The standard InChI is InChI=1S/C12H28N2O3P/c1-3-5-7-9-13-11-16-18(15)17-12-14-10-8-6-4-2/h13-14H,3-12H2,1-2H3/q+1. The Morgan fingerprint density at radius 1 is 0.833 bits per heavy atom. The minimum absolute atomic E-state index is 0.286. The van der Waals surface area contributed by atoms with Crippen LogP contribution in [0.2, 0.25) is 0 Å². The topological polar surface area (TPSA) is 59.6 Å². The first-order valence-electron chi connectivity index (χ1n) is 6.95. The fourth-order valence-corrected chi connectivity index (χ4v) is 1.85. The maximum atomic E-state index is 11.2. The van der Waals surface area contributed by atoms with Crippen LogP contribution >= 0.6 is 8.25 Å². The Balaban J connectivity index is 3.12. The molecule has 0 aliphatic rings. The van der Waals surface area contributed by atoms with Crippen molar-refractivity contribution in [2.24, 2.45) is 0 Å². The molecule has 0 aliphatic carbocycles. The molecular weight excluding hydrogens is 251 g/mol. The van der Waals surface area contributed by atoms with Crippen LogP contribution in [-0.4, -0.2) is 26.6 Å². The highest BCUT2D eigenvalue weighted by molar-refractivity contribution is 7.33. The van der Waals surface area contributed by atoms with E-state index >= 15 is 0 Å². The van der Waals surface area contributed by atoms with Crippen molar-refractivity contribution < 1.29 is 13.6 Å². The Hall–Kier alpha value is -0.0600. The Labute approximate surface area is 112 Å². The molecule has 0 spiro atoms. The van der Waals surface area contributed by atoms with Gasteiger partial charge in [-0.2, -0.15) is 0 Å². The first-order chi connectivity index (χ1) is 8.81. The van der Waals surface area contributed by atoms with Crippen molar-refractivity contribution in [1.29, 1.82) is 0 Å². The van der Waals surface area contributed by atoms with E-state index in [-0.39, 0.29) is 13.5 Å². The highest BCUT2D eigenvalue weighted by atomic mass is 31.1. The Morgan fingerprint density at radius 2 is 1.28 bits per heavy atom. The number of unbranched alkanes of at least 4 members (excludes halogenated alkanes) is 4. The van der Waals surface area contributed by atoms with Crippen molar-refractivity contribution in [1.82, 2.24) is 10.6 Å². The Kier molecular flexibility index (Phi) is 14.9. The highest BCUT2D eigenvalue weighted by Crippen LogP contribution is 2.21. The Morgan fingerprint density at radius 3 is 1.67 bits per heavy atom. The van der Waals surface area contributed by atoms with Gasteiger partial charge in [0.25, 0.3) is 0 Å². The lowest BCUT2D eigenvalue weighted by Gasteiger charge is -2.00. The lowest BCUT2D eigenvalue weighted by molar-refractivity contribution is 0.201. The highest BCUT2D eigenvalue weighted by Gasteiger charge is 2.18. The zero-order valence-electron chi connectivity index (χ0n) is 11.7. The van der Waals surface area contributed by atoms with Gasteiger partial charge in [0.15, 0.2) is 13.5 Å². The maximum Gasteiger partial charge on any atom is 0.700 e. The summed E-state index contributed by atoms with van der Waals surface area (Å²) in [5.41, 5.74) is 0. The van der Waals surface area contributed by atoms with E-state index in [0.717, 1.165) is 25.9 Å². The first-order valence-corrected chi connectivity index (χ1v) is 8.05. The van der Waals surface area contributed by atoms with Crippen molar-refractivity contribution in [2.75, 3.05) is 26.6 Å². The van der Waals surface area contributed by atoms with E-state index in [1.807, 2.05) is 0 Å². The molecule has 0 radical (unpaired) electrons. The second-order valence-electron chi connectivity index (χ2n) is 4.18. The zero-order chi connectivity index (χ0) is 13.5. The van der Waals surface area contributed by atoms with Crippen molar-refractivity contribution >= 4 is 8.25 Å². The molecule has 0 rings (SSSR count). The van der Waals surface area contributed by atoms with Crippen LogP contribution in [0.3, 0.4) is 0 Å². The van der Waals surface area contributed by atoms with E-state index in [2.05, 4.69) is 24.5 Å². The summed E-state index contributed by atoms with van der Waals surface area (Å²) in [5, 5.41) is 6.13. The summed E-state index contributed by atoms with van der Waals surface area (Å²) in [6.45, 7) is 6.69. The van der Waals surface area contributed by atoms with E-state index < -0.39 is 8.25 Å². The summed E-state index contributed by atoms with van der Waals surface area (Å²) < 4.78 is 21.2. The molecule has 18 heavy (non-hydrogen) atoms. The summed E-state index contributed by atoms with van der Waals surface area (Å²) in [7, 11) is -2.00. The number of hydrogen-bond acceptors (Lipinski definition) is 5. The second-order valence-corrected chi connectivity index (χ2v) is 5.15. The zero-order valence-corrected chi connectivity index (χ0v) is 12.6. The molecule has 0 aliphatic heterocycles. The molecule has 0 bridgehead atoms. The van der Waals surface area contributed by atoms with E-state index in [1.54, 1.807) is 0 Å². The monoisotopic (exact) mass is 279 g/mol. The van der Waals surface area contributed by atoms with E-state index in [0.29, 0.717) is 0 Å². The molecule has 2 N–H and O–H groups in total. The quantitative estimate of drug-likeness (QED) is 0.290. The van der Waals surface area contributed by atoms with Gasteiger partial charge < -0.3 is 0 Å². The van der Waals surface area contributed by atoms with Crippen LogP contribution in [0.5, 0.6) is 0 Å². The van der Waals surface area contributed by atoms with Gasteiger partial charge >= 0.3 is 8.25 Å². The average molecular weight is 279 g/mol. The largest absolute Gasteiger partial charge is 0.700 e. The SMILES string of the molecule is CCCCCNCO[P+](=O)OCNCCCCC. The van der Waals surface area contributed by atoms with E-state index in [4.69, 9.17) is 9.05 Å². The van der Waals surface area contributed by atoms with Crippen LogP contribution in [-0.2, 0) is 13.6 Å². The molecule has 0 fully saturated rings. The summed E-state index contributed by atoms with van der Waals surface area (Å²) in [6, 6.07) is 0. The van der Waals surface area contributed by atoms with Gasteiger partial charge in [-0.3, -0.25) is 10.6 Å². The van der Waals surface area contributed by atoms with Crippen LogP contribution in [0, 0.1) is 0 Å². The minimum Gasteiger partial charge on any atom is -0.290 e. The molecule has 0 aromatic heterocycles. The molecule has 0 aromatic rings. The normalized spacial score (nSPS) is 10.8. The summed E-state index contributed by atoms with van der Waals surface area (Å²) in [6.07, 6.45) is 7.05. The average Bonchev–Trinajstić information content (AvgIpc) is 2.38. The fourth-order valence-electron chi connectivity index (χ4n) is 1.38. The maximum absolute atomic E-state index is 11.2. The van der Waals surface area contributed by atoms with Crippen molar-refractivity contribution in [3.8, 4) is 0 Å². The van der Waals surface area contributed by atoms with E-state index in [9.17, 15) is 4.57 Å². The third kappa shape index (κ3) is 14.0. The van der Waals surface area contributed by atoms with Crippen molar-refractivity contribution in [3.63, 3.8) is 0 Å². The lowest BCUT2D eigenvalue weighted by Crippen LogP contribution is -2.19. The molecule has 0 aromatic carbocycles. The third-order valence-electron chi connectivity index (χ3n) is 2.46. The fraction of sp³-hybridized carbons (Fsp3) is 1.00. The third-order valence-corrected chi connectivity index (χ3v) is 3.14. The van der Waals surface area contributed by atoms with E-state index in [1.165, 1.54) is 25.7 Å². The van der Waals surface area contributed by atoms with Gasteiger partial charge in [-0.25, -0.2) is 0 Å². The molecule has 0 saturated carbocycles. The van der Waals surface area contributed by atoms with Gasteiger partial charge in [-0.1, -0.05) is 39.5 Å². The van der Waals surface area contributed by atoms with Crippen LogP contribution < -0.4 is 10.6 Å². The summed E-state index contributed by atoms with van der Waals surface area (Å²) in [5.74, 6) is 0. The smallest absolute Gasteiger partial charge is 0.290 e. The van der Waals surface area contributed by atoms with Gasteiger partial charge in [0.2, 0.25) is 0 Å². The number of hydrogen-bond donors (Lipinski definition) is 2. The predicted octanol–water partition coefficient (Wildman–Crippen LogP) is 3.15. The molecule has 0 amide bonds. The van der Waals surface area contributed by atoms with Gasteiger partial charge in [-0.05, 0) is 25.9 Å². The number of rotatable bonds is 14. The van der Waals surface area contributed by atoms with Gasteiger partial charge in [-0.15, -0.1) is 9.05 Å². The summed E-state index contributed by atoms with van der Waals surface area (Å²) in [4.78, 5) is 0. The van der Waals surface area contributed by atoms with Crippen LogP contribution in [0.4, 0.5) is 0 Å². The molecule has 108 valence electrons. The molecule has 0 atom stereocenters.